The highest BCUT2D eigenvalue weighted by Gasteiger charge is 2.37. The minimum Gasteiger partial charge on any atom is -0.507 e. The van der Waals surface area contributed by atoms with E-state index in [0.717, 1.165) is 43.6 Å². The molecule has 0 aromatic heterocycles. The van der Waals surface area contributed by atoms with Crippen LogP contribution in [-0.4, -0.2) is 36.8 Å². The van der Waals surface area contributed by atoms with Crippen molar-refractivity contribution < 1.29 is 19.4 Å². The number of carbonyl (C=O) groups excluding carboxylic acids is 1. The first-order chi connectivity index (χ1) is 14.2. The summed E-state index contributed by atoms with van der Waals surface area (Å²) in [5.74, 6) is 2.33. The summed E-state index contributed by atoms with van der Waals surface area (Å²) < 4.78 is 12.6. The number of benzene rings is 1. The van der Waals surface area contributed by atoms with Crippen LogP contribution in [0.1, 0.15) is 44.1 Å². The molecule has 1 aliphatic carbocycles. The minimum absolute atomic E-state index is 0. The van der Waals surface area contributed by atoms with Gasteiger partial charge in [0, 0.05) is 30.7 Å². The summed E-state index contributed by atoms with van der Waals surface area (Å²) in [5.41, 5.74) is 2.57. The van der Waals surface area contributed by atoms with Crippen molar-refractivity contribution in [1.29, 1.82) is 0 Å². The molecule has 1 unspecified atom stereocenters. The van der Waals surface area contributed by atoms with Crippen molar-refractivity contribution in [2.45, 2.75) is 44.6 Å². The number of carbonyl (C=O) groups is 1. The number of hydrogen-bond donors (Lipinski definition) is 3. The van der Waals surface area contributed by atoms with Crippen LogP contribution in [0.2, 0.25) is 0 Å². The second-order valence-electron chi connectivity index (χ2n) is 8.55. The molecule has 5 rings (SSSR count). The Morgan fingerprint density at radius 3 is 2.83 bits per heavy atom. The summed E-state index contributed by atoms with van der Waals surface area (Å²) in [7, 11) is 0. The fourth-order valence-electron chi connectivity index (χ4n) is 4.50. The molecule has 7 heteroatoms. The van der Waals surface area contributed by atoms with E-state index in [1.165, 1.54) is 12.8 Å². The van der Waals surface area contributed by atoms with Gasteiger partial charge in [0.2, 0.25) is 5.91 Å². The molecule has 1 aromatic rings. The summed E-state index contributed by atoms with van der Waals surface area (Å²) in [5, 5.41) is 17.2. The maximum atomic E-state index is 12.1. The van der Waals surface area contributed by atoms with Crippen molar-refractivity contribution in [3.8, 4) is 11.5 Å². The smallest absolute Gasteiger partial charge is 0.224 e. The molecule has 4 aliphatic rings. The van der Waals surface area contributed by atoms with E-state index in [1.54, 1.807) is 12.1 Å². The number of phenols is 1. The highest BCUT2D eigenvalue weighted by molar-refractivity contribution is 5.85. The molecule has 30 heavy (non-hydrogen) atoms. The Labute approximate surface area is 183 Å². The van der Waals surface area contributed by atoms with Crippen molar-refractivity contribution in [3.05, 3.63) is 41.1 Å². The zero-order valence-corrected chi connectivity index (χ0v) is 17.8. The van der Waals surface area contributed by atoms with Crippen LogP contribution in [0.5, 0.6) is 11.5 Å². The molecule has 6 nitrogen and oxygen atoms in total. The van der Waals surface area contributed by atoms with Gasteiger partial charge in [0.25, 0.3) is 0 Å². The van der Waals surface area contributed by atoms with E-state index in [-0.39, 0.29) is 30.2 Å². The summed E-state index contributed by atoms with van der Waals surface area (Å²) in [6, 6.07) is 5.33. The lowest BCUT2D eigenvalue weighted by atomic mass is 9.83. The van der Waals surface area contributed by atoms with Crippen LogP contribution in [0.3, 0.4) is 0 Å². The third-order valence-electron chi connectivity index (χ3n) is 6.30. The molecule has 3 aliphatic heterocycles. The lowest BCUT2D eigenvalue weighted by Crippen LogP contribution is -2.42. The molecule has 0 radical (unpaired) electrons. The number of halogens is 1. The van der Waals surface area contributed by atoms with Gasteiger partial charge in [0.05, 0.1) is 6.61 Å². The van der Waals surface area contributed by atoms with Crippen molar-refractivity contribution in [1.82, 2.24) is 10.6 Å². The Kier molecular flexibility index (Phi) is 6.25. The van der Waals surface area contributed by atoms with Crippen LogP contribution in [0.15, 0.2) is 35.5 Å². The SMILES string of the molecule is Cl.O=C1CCC2=C(C=C(c3c(O)cccc3OCC3CC3)OC2[C@H]2CCCNC2)N1. The Bertz CT molecular complexity index is 872. The standard InChI is InChI=1S/C23H28N2O4.ClH/c26-18-4-1-5-19(28-13-14-6-7-14)22(18)20-11-17-16(8-9-21(27)25-17)23(29-20)15-3-2-10-24-12-15;/h1,4-5,11,14-15,23-24,26H,2-3,6-10,12-13H2,(H,25,27);1H/t15-,23?;/m0./s1. The first-order valence-corrected chi connectivity index (χ1v) is 10.8. The molecular formula is C23H29ClN2O4. The van der Waals surface area contributed by atoms with E-state index in [0.29, 0.717) is 41.9 Å². The molecule has 3 N–H and O–H groups in total. The molecule has 2 atom stereocenters. The van der Waals surface area contributed by atoms with Gasteiger partial charge >= 0.3 is 0 Å². The number of hydrogen-bond acceptors (Lipinski definition) is 5. The van der Waals surface area contributed by atoms with Crippen molar-refractivity contribution in [2.24, 2.45) is 11.8 Å². The predicted molar refractivity (Wildman–Crippen MR) is 116 cm³/mol. The van der Waals surface area contributed by atoms with Gasteiger partial charge in [-0.05, 0) is 62.3 Å². The predicted octanol–water partition coefficient (Wildman–Crippen LogP) is 3.51. The summed E-state index contributed by atoms with van der Waals surface area (Å²) in [4.78, 5) is 12.1. The monoisotopic (exact) mass is 432 g/mol. The van der Waals surface area contributed by atoms with Crippen molar-refractivity contribution in [3.63, 3.8) is 0 Å². The summed E-state index contributed by atoms with van der Waals surface area (Å²) in [6.07, 6.45) is 7.57. The van der Waals surface area contributed by atoms with Crippen molar-refractivity contribution >= 4 is 24.1 Å². The molecular weight excluding hydrogens is 404 g/mol. The van der Waals surface area contributed by atoms with E-state index < -0.39 is 0 Å². The van der Waals surface area contributed by atoms with Crippen LogP contribution in [0.4, 0.5) is 0 Å². The van der Waals surface area contributed by atoms with Gasteiger partial charge in [-0.15, -0.1) is 12.4 Å². The van der Waals surface area contributed by atoms with E-state index in [2.05, 4.69) is 10.6 Å². The molecule has 0 spiro atoms. The summed E-state index contributed by atoms with van der Waals surface area (Å²) >= 11 is 0. The van der Waals surface area contributed by atoms with Gasteiger partial charge in [-0.2, -0.15) is 0 Å². The largest absolute Gasteiger partial charge is 0.507 e. The van der Waals surface area contributed by atoms with Crippen LogP contribution >= 0.6 is 12.4 Å². The fourth-order valence-corrected chi connectivity index (χ4v) is 4.50. The lowest BCUT2D eigenvalue weighted by molar-refractivity contribution is -0.120. The van der Waals surface area contributed by atoms with Crippen molar-refractivity contribution in [2.75, 3.05) is 19.7 Å². The first kappa shape index (κ1) is 21.1. The second-order valence-corrected chi connectivity index (χ2v) is 8.55. The molecule has 162 valence electrons. The number of aromatic hydroxyl groups is 1. The minimum atomic E-state index is -0.103. The molecule has 1 aromatic carbocycles. The Balaban J connectivity index is 0.00000218. The molecule has 1 saturated carbocycles. The normalized spacial score (nSPS) is 26.0. The zero-order valence-electron chi connectivity index (χ0n) is 17.0. The molecule has 3 heterocycles. The number of piperidine rings is 1. The van der Waals surface area contributed by atoms with Crippen LogP contribution in [-0.2, 0) is 9.53 Å². The zero-order chi connectivity index (χ0) is 19.8. The molecule has 2 fully saturated rings. The topological polar surface area (TPSA) is 79.8 Å². The summed E-state index contributed by atoms with van der Waals surface area (Å²) in [6.45, 7) is 2.59. The number of rotatable bonds is 5. The molecule has 1 saturated heterocycles. The third-order valence-corrected chi connectivity index (χ3v) is 6.30. The second kappa shape index (κ2) is 8.90. The molecule has 0 bridgehead atoms. The van der Waals surface area contributed by atoms with E-state index in [4.69, 9.17) is 9.47 Å². The third kappa shape index (κ3) is 4.30. The Morgan fingerprint density at radius 2 is 2.07 bits per heavy atom. The number of ether oxygens (including phenoxy) is 2. The number of nitrogens with one attached hydrogen (secondary N) is 2. The number of phenolic OH excluding ortho intramolecular Hbond substituents is 1. The number of allylic oxidation sites excluding steroid dienone is 1. The maximum Gasteiger partial charge on any atom is 0.224 e. The van der Waals surface area contributed by atoms with Gasteiger partial charge in [0.1, 0.15) is 28.9 Å². The van der Waals surface area contributed by atoms with Gasteiger partial charge in [0.15, 0.2) is 0 Å². The fraction of sp³-hybridized carbons (Fsp3) is 0.522. The maximum absolute atomic E-state index is 12.1. The van der Waals surface area contributed by atoms with Gasteiger partial charge in [-0.3, -0.25) is 4.79 Å². The van der Waals surface area contributed by atoms with Gasteiger partial charge < -0.3 is 25.2 Å². The average Bonchev–Trinajstić information content (AvgIpc) is 3.56. The van der Waals surface area contributed by atoms with E-state index in [1.807, 2.05) is 12.1 Å². The lowest BCUT2D eigenvalue weighted by Gasteiger charge is -2.38. The van der Waals surface area contributed by atoms with Crippen LogP contribution in [0.25, 0.3) is 5.76 Å². The molecule has 1 amide bonds. The first-order valence-electron chi connectivity index (χ1n) is 10.8. The van der Waals surface area contributed by atoms with Crippen LogP contribution in [0, 0.1) is 11.8 Å². The van der Waals surface area contributed by atoms with Crippen LogP contribution < -0.4 is 15.4 Å². The Morgan fingerprint density at radius 1 is 1.20 bits per heavy atom. The van der Waals surface area contributed by atoms with Gasteiger partial charge in [-0.25, -0.2) is 0 Å². The highest BCUT2D eigenvalue weighted by Crippen LogP contribution is 2.43. The quantitative estimate of drug-likeness (QED) is 0.663. The van der Waals surface area contributed by atoms with E-state index >= 15 is 0 Å². The van der Waals surface area contributed by atoms with E-state index in [9.17, 15) is 9.90 Å². The number of amides is 1. The average molecular weight is 433 g/mol. The Hall–Kier alpha value is -2.18. The highest BCUT2D eigenvalue weighted by atomic mass is 35.5. The van der Waals surface area contributed by atoms with Gasteiger partial charge in [-0.1, -0.05) is 6.07 Å².